The number of carbonyl (C=O) groups is 6. The second kappa shape index (κ2) is 37.9. The van der Waals surface area contributed by atoms with Gasteiger partial charge in [-0.05, 0) is 241 Å². The largest absolute Gasteiger partial charge is 0.380 e. The van der Waals surface area contributed by atoms with Gasteiger partial charge >= 0.3 is 0 Å². The van der Waals surface area contributed by atoms with Crippen molar-refractivity contribution < 1.29 is 90.3 Å². The van der Waals surface area contributed by atoms with E-state index in [-0.39, 0.29) is 127 Å². The van der Waals surface area contributed by atoms with Gasteiger partial charge in [-0.2, -0.15) is 0 Å². The molecule has 19 heteroatoms. The van der Waals surface area contributed by atoms with E-state index in [9.17, 15) is 28.8 Å². The molecule has 0 aromatic heterocycles. The van der Waals surface area contributed by atoms with Crippen LogP contribution in [0.25, 0.3) is 0 Å². The second-order valence-electron chi connectivity index (χ2n) is 31.8. The minimum atomic E-state index is -1.14. The summed E-state index contributed by atoms with van der Waals surface area (Å²) >= 11 is 0. The highest BCUT2D eigenvalue weighted by atomic mass is 16.6. The van der Waals surface area contributed by atoms with Gasteiger partial charge in [0.05, 0.1) is 137 Å². The standard InChI is InChI=1S/C76H130O19/c1-31-57(77)69(19,20)84-43-37-63(7,8)90-51-75(52-91-64(9,10)38-44-85-70(21,22)58(78)32-2,53-92-65(11,12)39-45-86-71(23,24)59(79)33-3)49-83-50-76(54-93-66(13,14)40-46-87-72(25,26)60(80)34-4,55-94-67(15,16)41-47-88-73(27,28)61(81)35-5)56-95-68(17,18)42-48-89-74(29,30)62(82)36-6/h31-36H,1-6,37-56H2,7-30H3. The first-order valence-corrected chi connectivity index (χ1v) is 33.3. The van der Waals surface area contributed by atoms with Crippen LogP contribution in [0.4, 0.5) is 0 Å². The molecule has 0 saturated carbocycles. The third kappa shape index (κ3) is 34.5. The molecule has 0 aliphatic heterocycles. The van der Waals surface area contributed by atoms with E-state index in [2.05, 4.69) is 39.5 Å². The summed E-state index contributed by atoms with van der Waals surface area (Å²) in [4.78, 5) is 76.7. The van der Waals surface area contributed by atoms with Crippen LogP contribution in [0.5, 0.6) is 0 Å². The predicted molar refractivity (Wildman–Crippen MR) is 375 cm³/mol. The second-order valence-corrected chi connectivity index (χ2v) is 31.8. The van der Waals surface area contributed by atoms with E-state index in [1.165, 1.54) is 36.5 Å². The first kappa shape index (κ1) is 90.9. The smallest absolute Gasteiger partial charge is 0.186 e. The van der Waals surface area contributed by atoms with Gasteiger partial charge in [0.15, 0.2) is 34.7 Å². The Morgan fingerprint density at radius 2 is 0.347 bits per heavy atom. The van der Waals surface area contributed by atoms with Crippen LogP contribution < -0.4 is 0 Å². The van der Waals surface area contributed by atoms with Gasteiger partial charge in [0.1, 0.15) is 33.6 Å². The molecular weight excluding hydrogens is 1220 g/mol. The molecule has 0 spiro atoms. The molecule has 0 aliphatic carbocycles. The third-order valence-electron chi connectivity index (χ3n) is 17.1. The molecule has 0 atom stereocenters. The maximum atomic E-state index is 12.8. The minimum Gasteiger partial charge on any atom is -0.380 e. The maximum Gasteiger partial charge on any atom is 0.186 e. The minimum absolute atomic E-state index is 0.000412. The van der Waals surface area contributed by atoms with Crippen molar-refractivity contribution in [2.75, 3.05) is 92.5 Å². The summed E-state index contributed by atoms with van der Waals surface area (Å²) in [6.07, 6.45) is 9.67. The topological polar surface area (TPSA) is 222 Å². The highest BCUT2D eigenvalue weighted by Crippen LogP contribution is 2.36. The first-order valence-electron chi connectivity index (χ1n) is 33.3. The molecule has 548 valence electrons. The average Bonchev–Trinajstić information content (AvgIpc) is 0.829. The van der Waals surface area contributed by atoms with Gasteiger partial charge in [-0.1, -0.05) is 39.5 Å². The van der Waals surface area contributed by atoms with Crippen LogP contribution >= 0.6 is 0 Å². The van der Waals surface area contributed by atoms with Crippen LogP contribution in [-0.2, 0) is 90.3 Å². The van der Waals surface area contributed by atoms with Crippen LogP contribution in [0.15, 0.2) is 75.9 Å². The Morgan fingerprint density at radius 1 is 0.221 bits per heavy atom. The Labute approximate surface area is 573 Å². The lowest BCUT2D eigenvalue weighted by atomic mass is 9.88. The first-order chi connectivity index (χ1) is 43.1. The van der Waals surface area contributed by atoms with Crippen molar-refractivity contribution in [3.8, 4) is 0 Å². The molecule has 0 rings (SSSR count). The van der Waals surface area contributed by atoms with E-state index in [0.717, 1.165) is 0 Å². The van der Waals surface area contributed by atoms with Gasteiger partial charge < -0.3 is 61.6 Å². The normalized spacial score (nSPS) is 13.9. The van der Waals surface area contributed by atoms with Crippen molar-refractivity contribution >= 4 is 34.7 Å². The van der Waals surface area contributed by atoms with Crippen LogP contribution in [-0.4, -0.2) is 194 Å². The van der Waals surface area contributed by atoms with E-state index in [1.54, 1.807) is 83.1 Å². The van der Waals surface area contributed by atoms with Crippen LogP contribution in [0.2, 0.25) is 0 Å². The number of ether oxygens (including phenoxy) is 13. The summed E-state index contributed by atoms with van der Waals surface area (Å²) in [6.45, 7) is 66.4. The van der Waals surface area contributed by atoms with Crippen molar-refractivity contribution in [1.82, 2.24) is 0 Å². The molecular formula is C76H130O19. The summed E-state index contributed by atoms with van der Waals surface area (Å²) in [5, 5.41) is 0. The Morgan fingerprint density at radius 3 is 0.463 bits per heavy atom. The summed E-state index contributed by atoms with van der Waals surface area (Å²) in [6, 6.07) is 0. The fourth-order valence-corrected chi connectivity index (χ4v) is 8.72. The Bertz CT molecular complexity index is 2090. The Hall–Kier alpha value is -4.06. The zero-order valence-corrected chi connectivity index (χ0v) is 63.6. The molecule has 95 heavy (non-hydrogen) atoms. The van der Waals surface area contributed by atoms with E-state index in [0.29, 0.717) is 38.5 Å². The molecule has 0 saturated heterocycles. The molecule has 0 bridgehead atoms. The number of hydrogen-bond acceptors (Lipinski definition) is 19. The number of hydrogen-bond donors (Lipinski definition) is 0. The summed E-state index contributed by atoms with van der Waals surface area (Å²) in [5.74, 6) is -1.57. The van der Waals surface area contributed by atoms with Crippen molar-refractivity contribution in [2.24, 2.45) is 10.8 Å². The lowest BCUT2D eigenvalue weighted by Gasteiger charge is -2.43. The third-order valence-corrected chi connectivity index (χ3v) is 17.1. The van der Waals surface area contributed by atoms with E-state index in [4.69, 9.17) is 61.6 Å². The highest BCUT2D eigenvalue weighted by molar-refractivity contribution is 5.98. The average molecular weight is 1350 g/mol. The molecule has 0 amide bonds. The van der Waals surface area contributed by atoms with Gasteiger partial charge in [0.25, 0.3) is 0 Å². The monoisotopic (exact) mass is 1350 g/mol. The van der Waals surface area contributed by atoms with Gasteiger partial charge in [-0.25, -0.2) is 0 Å². The van der Waals surface area contributed by atoms with E-state index >= 15 is 0 Å². The van der Waals surface area contributed by atoms with Crippen LogP contribution in [0.1, 0.15) is 205 Å². The highest BCUT2D eigenvalue weighted by Gasteiger charge is 2.44. The predicted octanol–water partition coefficient (Wildman–Crippen LogP) is 13.4. The van der Waals surface area contributed by atoms with Gasteiger partial charge in [0.2, 0.25) is 0 Å². The lowest BCUT2D eigenvalue weighted by Crippen LogP contribution is -2.51. The zero-order chi connectivity index (χ0) is 74.0. The fraction of sp³-hybridized carbons (Fsp3) is 0.763. The van der Waals surface area contributed by atoms with Crippen molar-refractivity contribution in [2.45, 2.75) is 272 Å². The number of carbonyl (C=O) groups excluding carboxylic acids is 6. The SMILES string of the molecule is C=CC(=O)C(C)(C)OCCC(C)(C)OCC(COCC(COC(C)(C)CCOC(C)(C)C(=O)C=C)(COC(C)(C)CCOC(C)(C)C(=O)C=C)COC(C)(C)CCOC(C)(C)C(=O)C=C)(COC(C)(C)CCOC(C)(C)C(=O)C=C)COC(C)(C)CCOC(C)(C)C(=O)C=C. The maximum absolute atomic E-state index is 12.8. The fourth-order valence-electron chi connectivity index (χ4n) is 8.72. The molecule has 0 aromatic rings. The molecule has 19 nitrogen and oxygen atoms in total. The summed E-state index contributed by atoms with van der Waals surface area (Å²) in [5.41, 5.74) is -14.2. The number of ketones is 6. The van der Waals surface area contributed by atoms with Crippen molar-refractivity contribution in [3.63, 3.8) is 0 Å². The summed E-state index contributed by atoms with van der Waals surface area (Å²) in [7, 11) is 0. The van der Waals surface area contributed by atoms with Gasteiger partial charge in [-0.3, -0.25) is 28.8 Å². The van der Waals surface area contributed by atoms with Crippen molar-refractivity contribution in [3.05, 3.63) is 75.9 Å². The molecule has 0 N–H and O–H groups in total. The molecule has 0 aliphatic rings. The molecule has 0 radical (unpaired) electrons. The van der Waals surface area contributed by atoms with Gasteiger partial charge in [0, 0.05) is 0 Å². The van der Waals surface area contributed by atoms with E-state index in [1.807, 2.05) is 83.1 Å². The Kier molecular flexibility index (Phi) is 36.3. The summed E-state index contributed by atoms with van der Waals surface area (Å²) < 4.78 is 86.1. The number of rotatable bonds is 58. The van der Waals surface area contributed by atoms with Crippen LogP contribution in [0, 0.1) is 10.8 Å². The van der Waals surface area contributed by atoms with E-state index < -0.39 is 78.0 Å². The molecule has 0 heterocycles. The molecule has 0 unspecified atom stereocenters. The molecule has 0 fully saturated rings. The molecule has 0 aromatic carbocycles. The quantitative estimate of drug-likeness (QED) is 0.0516. The van der Waals surface area contributed by atoms with Crippen LogP contribution in [0.3, 0.4) is 0 Å². The Balaban J connectivity index is 8.50. The zero-order valence-electron chi connectivity index (χ0n) is 63.6. The van der Waals surface area contributed by atoms with Gasteiger partial charge in [-0.15, -0.1) is 0 Å². The lowest BCUT2D eigenvalue weighted by molar-refractivity contribution is -0.205. The van der Waals surface area contributed by atoms with Crippen molar-refractivity contribution in [1.29, 1.82) is 0 Å².